The molecule has 0 saturated carbocycles. The number of ketones is 1. The lowest BCUT2D eigenvalue weighted by molar-refractivity contribution is 0.104. The molecule has 0 aliphatic carbocycles. The van der Waals surface area contributed by atoms with E-state index >= 15 is 0 Å². The topological polar surface area (TPSA) is 64.3 Å². The van der Waals surface area contributed by atoms with Crippen LogP contribution in [0.15, 0.2) is 36.7 Å². The first-order chi connectivity index (χ1) is 9.10. The van der Waals surface area contributed by atoms with Crippen LogP contribution in [0.25, 0.3) is 6.08 Å². The van der Waals surface area contributed by atoms with Crippen LogP contribution < -0.4 is 4.74 Å². The summed E-state index contributed by atoms with van der Waals surface area (Å²) in [5, 5.41) is 13.5. The maximum absolute atomic E-state index is 12.0. The van der Waals surface area contributed by atoms with E-state index in [9.17, 15) is 9.90 Å². The molecule has 98 valence electrons. The summed E-state index contributed by atoms with van der Waals surface area (Å²) in [5.74, 6) is 0.123. The van der Waals surface area contributed by atoms with Crippen LogP contribution in [0.4, 0.5) is 0 Å². The number of nitrogens with zero attached hydrogens (tertiary/aromatic N) is 2. The number of ether oxygens (including phenoxy) is 1. The largest absolute Gasteiger partial charge is 0.504 e. The summed E-state index contributed by atoms with van der Waals surface area (Å²) in [6.45, 7) is 0. The number of aryl methyl sites for hydroxylation is 1. The zero-order chi connectivity index (χ0) is 13.8. The Balaban J connectivity index is 2.18. The van der Waals surface area contributed by atoms with Gasteiger partial charge >= 0.3 is 0 Å². The number of aromatic hydroxyl groups is 1. The minimum atomic E-state index is -0.165. The maximum Gasteiger partial charge on any atom is 0.185 e. The van der Waals surface area contributed by atoms with Gasteiger partial charge in [0.1, 0.15) is 0 Å². The molecule has 1 aromatic heterocycles. The highest BCUT2D eigenvalue weighted by molar-refractivity contribution is 6.07. The molecule has 0 radical (unpaired) electrons. The Kier molecular flexibility index (Phi) is 3.66. The number of phenolic OH excluding ortho intramolecular Hbond substituents is 1. The lowest BCUT2D eigenvalue weighted by atomic mass is 10.1. The van der Waals surface area contributed by atoms with Gasteiger partial charge in [-0.3, -0.25) is 9.48 Å². The number of carbonyl (C=O) groups is 1. The van der Waals surface area contributed by atoms with Gasteiger partial charge in [-0.2, -0.15) is 5.10 Å². The van der Waals surface area contributed by atoms with Gasteiger partial charge in [-0.1, -0.05) is 0 Å². The predicted molar refractivity (Wildman–Crippen MR) is 71.2 cm³/mol. The fourth-order valence-corrected chi connectivity index (χ4v) is 1.63. The van der Waals surface area contributed by atoms with Crippen LogP contribution in [-0.2, 0) is 7.05 Å². The first kappa shape index (κ1) is 12.9. The highest BCUT2D eigenvalue weighted by Crippen LogP contribution is 2.26. The van der Waals surface area contributed by atoms with Crippen molar-refractivity contribution < 1.29 is 14.6 Å². The summed E-state index contributed by atoms with van der Waals surface area (Å²) < 4.78 is 6.62. The number of carbonyl (C=O) groups excluding carboxylic acids is 1. The Morgan fingerprint density at radius 2 is 2.26 bits per heavy atom. The molecule has 1 N–H and O–H groups in total. The Morgan fingerprint density at radius 3 is 2.89 bits per heavy atom. The van der Waals surface area contributed by atoms with Gasteiger partial charge in [-0.25, -0.2) is 0 Å². The van der Waals surface area contributed by atoms with Gasteiger partial charge in [0, 0.05) is 24.4 Å². The number of methoxy groups -OCH3 is 1. The standard InChI is InChI=1S/C14H14N2O3/c1-16-9-10(8-15-16)3-5-12(17)11-4-6-13(18)14(7-11)19-2/h3-9,18H,1-2H3/b5-3+. The Morgan fingerprint density at radius 1 is 1.47 bits per heavy atom. The summed E-state index contributed by atoms with van der Waals surface area (Å²) in [6, 6.07) is 4.49. The molecule has 0 bridgehead atoms. The van der Waals surface area contributed by atoms with Gasteiger partial charge in [-0.05, 0) is 30.4 Å². The van der Waals surface area contributed by atoms with Crippen LogP contribution in [-0.4, -0.2) is 27.8 Å². The van der Waals surface area contributed by atoms with Crippen LogP contribution in [0.1, 0.15) is 15.9 Å². The molecule has 1 heterocycles. The van der Waals surface area contributed by atoms with E-state index in [1.54, 1.807) is 29.2 Å². The monoisotopic (exact) mass is 258 g/mol. The third kappa shape index (κ3) is 3.01. The number of hydrogen-bond donors (Lipinski definition) is 1. The van der Waals surface area contributed by atoms with E-state index in [1.165, 1.54) is 25.3 Å². The number of aromatic nitrogens is 2. The van der Waals surface area contributed by atoms with Gasteiger partial charge in [0.05, 0.1) is 13.3 Å². The SMILES string of the molecule is COc1cc(C(=O)/C=C/c2cnn(C)c2)ccc1O. The van der Waals surface area contributed by atoms with Crippen molar-refractivity contribution in [1.82, 2.24) is 9.78 Å². The summed E-state index contributed by atoms with van der Waals surface area (Å²) in [4.78, 5) is 12.0. The van der Waals surface area contributed by atoms with Gasteiger partial charge in [0.15, 0.2) is 17.3 Å². The van der Waals surface area contributed by atoms with Crippen molar-refractivity contribution in [3.63, 3.8) is 0 Å². The average Bonchev–Trinajstić information content (AvgIpc) is 2.82. The second-order valence-corrected chi connectivity index (χ2v) is 4.03. The molecule has 0 saturated heterocycles. The molecule has 0 atom stereocenters. The van der Waals surface area contributed by atoms with Crippen molar-refractivity contribution in [3.8, 4) is 11.5 Å². The van der Waals surface area contributed by atoms with Crippen molar-refractivity contribution in [2.24, 2.45) is 7.05 Å². The first-order valence-corrected chi connectivity index (χ1v) is 5.68. The molecule has 0 aliphatic heterocycles. The van der Waals surface area contributed by atoms with Crippen LogP contribution >= 0.6 is 0 Å². The number of phenols is 1. The molecule has 2 rings (SSSR count). The van der Waals surface area contributed by atoms with E-state index in [4.69, 9.17) is 4.74 Å². The highest BCUT2D eigenvalue weighted by Gasteiger charge is 2.07. The molecule has 5 nitrogen and oxygen atoms in total. The van der Waals surface area contributed by atoms with E-state index in [0.29, 0.717) is 5.56 Å². The molecule has 5 heteroatoms. The van der Waals surface area contributed by atoms with E-state index in [0.717, 1.165) is 5.56 Å². The number of allylic oxidation sites excluding steroid dienone is 1. The van der Waals surface area contributed by atoms with E-state index in [2.05, 4.69) is 5.10 Å². The van der Waals surface area contributed by atoms with Gasteiger partial charge < -0.3 is 9.84 Å². The second-order valence-electron chi connectivity index (χ2n) is 4.03. The molecule has 2 aromatic rings. The summed E-state index contributed by atoms with van der Waals surface area (Å²) in [7, 11) is 3.25. The van der Waals surface area contributed by atoms with Gasteiger partial charge in [0.25, 0.3) is 0 Å². The van der Waals surface area contributed by atoms with Crippen molar-refractivity contribution in [2.75, 3.05) is 7.11 Å². The molecule has 0 amide bonds. The summed E-state index contributed by atoms with van der Waals surface area (Å²) >= 11 is 0. The van der Waals surface area contributed by atoms with Crippen LogP contribution in [0.5, 0.6) is 11.5 Å². The summed E-state index contributed by atoms with van der Waals surface area (Å²) in [5.41, 5.74) is 1.30. The molecule has 0 fully saturated rings. The zero-order valence-corrected chi connectivity index (χ0v) is 10.7. The minimum Gasteiger partial charge on any atom is -0.504 e. The number of hydrogen-bond acceptors (Lipinski definition) is 4. The second kappa shape index (κ2) is 5.39. The lowest BCUT2D eigenvalue weighted by Crippen LogP contribution is -1.95. The van der Waals surface area contributed by atoms with Gasteiger partial charge in [-0.15, -0.1) is 0 Å². The zero-order valence-electron chi connectivity index (χ0n) is 10.7. The Bertz CT molecular complexity index is 629. The lowest BCUT2D eigenvalue weighted by Gasteiger charge is -2.04. The Labute approximate surface area is 110 Å². The first-order valence-electron chi connectivity index (χ1n) is 5.68. The molecule has 1 aromatic carbocycles. The Hall–Kier alpha value is -2.56. The third-order valence-electron chi connectivity index (χ3n) is 2.62. The predicted octanol–water partition coefficient (Wildman–Crippen LogP) is 2.03. The number of rotatable bonds is 4. The van der Waals surface area contributed by atoms with E-state index in [1.807, 2.05) is 7.05 Å². The quantitative estimate of drug-likeness (QED) is 0.673. The molecule has 19 heavy (non-hydrogen) atoms. The van der Waals surface area contributed by atoms with E-state index < -0.39 is 0 Å². The van der Waals surface area contributed by atoms with E-state index in [-0.39, 0.29) is 17.3 Å². The molecular formula is C14H14N2O3. The third-order valence-corrected chi connectivity index (χ3v) is 2.62. The maximum atomic E-state index is 12.0. The smallest absolute Gasteiger partial charge is 0.185 e. The fourth-order valence-electron chi connectivity index (χ4n) is 1.63. The normalized spacial score (nSPS) is 10.8. The molecule has 0 spiro atoms. The fraction of sp³-hybridized carbons (Fsp3) is 0.143. The molecular weight excluding hydrogens is 244 g/mol. The van der Waals surface area contributed by atoms with Crippen molar-refractivity contribution in [2.45, 2.75) is 0 Å². The number of benzene rings is 1. The van der Waals surface area contributed by atoms with Crippen LogP contribution in [0.2, 0.25) is 0 Å². The van der Waals surface area contributed by atoms with Crippen molar-refractivity contribution in [1.29, 1.82) is 0 Å². The summed E-state index contributed by atoms with van der Waals surface area (Å²) in [6.07, 6.45) is 6.62. The van der Waals surface area contributed by atoms with Crippen LogP contribution in [0, 0.1) is 0 Å². The molecule has 0 aliphatic rings. The average molecular weight is 258 g/mol. The minimum absolute atomic E-state index is 0.00953. The van der Waals surface area contributed by atoms with Gasteiger partial charge in [0.2, 0.25) is 0 Å². The molecule has 0 unspecified atom stereocenters. The van der Waals surface area contributed by atoms with Crippen molar-refractivity contribution in [3.05, 3.63) is 47.8 Å². The van der Waals surface area contributed by atoms with Crippen LogP contribution in [0.3, 0.4) is 0 Å². The van der Waals surface area contributed by atoms with Crippen molar-refractivity contribution >= 4 is 11.9 Å². The highest BCUT2D eigenvalue weighted by atomic mass is 16.5.